The SMILES string of the molecule is CN(CC[C@@H](O)COC(C)(C)C)Cc1ccccc1. The largest absolute Gasteiger partial charge is 0.391 e. The van der Waals surface area contributed by atoms with E-state index in [1.54, 1.807) is 0 Å². The van der Waals surface area contributed by atoms with Gasteiger partial charge in [-0.05, 0) is 39.8 Å². The molecule has 3 heteroatoms. The molecule has 0 radical (unpaired) electrons. The Morgan fingerprint density at radius 2 is 1.84 bits per heavy atom. The van der Waals surface area contributed by atoms with E-state index in [2.05, 4.69) is 36.2 Å². The molecule has 0 saturated carbocycles. The van der Waals surface area contributed by atoms with Crippen molar-refractivity contribution in [3.05, 3.63) is 35.9 Å². The Hall–Kier alpha value is -0.900. The third-order valence-corrected chi connectivity index (χ3v) is 2.85. The van der Waals surface area contributed by atoms with E-state index in [4.69, 9.17) is 4.74 Å². The van der Waals surface area contributed by atoms with E-state index in [9.17, 15) is 5.11 Å². The fourth-order valence-corrected chi connectivity index (χ4v) is 1.77. The molecule has 0 aliphatic rings. The van der Waals surface area contributed by atoms with Crippen molar-refractivity contribution in [3.63, 3.8) is 0 Å². The predicted molar refractivity (Wildman–Crippen MR) is 79.1 cm³/mol. The fourth-order valence-electron chi connectivity index (χ4n) is 1.77. The molecule has 0 fully saturated rings. The van der Waals surface area contributed by atoms with Gasteiger partial charge in [0.25, 0.3) is 0 Å². The van der Waals surface area contributed by atoms with E-state index in [0.29, 0.717) is 6.61 Å². The maximum atomic E-state index is 9.88. The summed E-state index contributed by atoms with van der Waals surface area (Å²) in [4.78, 5) is 2.22. The lowest BCUT2D eigenvalue weighted by atomic mass is 10.2. The summed E-state index contributed by atoms with van der Waals surface area (Å²) in [6.45, 7) is 8.18. The Labute approximate surface area is 117 Å². The normalized spacial score (nSPS) is 13.8. The van der Waals surface area contributed by atoms with Crippen LogP contribution in [0, 0.1) is 0 Å². The van der Waals surface area contributed by atoms with Crippen molar-refractivity contribution >= 4 is 0 Å². The van der Waals surface area contributed by atoms with Crippen molar-refractivity contribution in [2.75, 3.05) is 20.2 Å². The molecule has 1 aromatic carbocycles. The molecule has 0 aromatic heterocycles. The van der Waals surface area contributed by atoms with Crippen molar-refractivity contribution in [1.82, 2.24) is 4.90 Å². The second kappa shape index (κ2) is 7.63. The van der Waals surface area contributed by atoms with Crippen molar-refractivity contribution in [1.29, 1.82) is 0 Å². The van der Waals surface area contributed by atoms with Crippen LogP contribution in [0.25, 0.3) is 0 Å². The smallest absolute Gasteiger partial charge is 0.0786 e. The van der Waals surface area contributed by atoms with E-state index in [-0.39, 0.29) is 5.60 Å². The minimum Gasteiger partial charge on any atom is -0.391 e. The molecule has 0 spiro atoms. The highest BCUT2D eigenvalue weighted by molar-refractivity contribution is 5.14. The lowest BCUT2D eigenvalue weighted by Gasteiger charge is -2.23. The first-order valence-corrected chi connectivity index (χ1v) is 6.91. The predicted octanol–water partition coefficient (Wildman–Crippen LogP) is 2.68. The van der Waals surface area contributed by atoms with E-state index in [1.165, 1.54) is 5.56 Å². The number of benzene rings is 1. The topological polar surface area (TPSA) is 32.7 Å². The van der Waals surface area contributed by atoms with Gasteiger partial charge in [0.05, 0.1) is 18.3 Å². The van der Waals surface area contributed by atoms with Gasteiger partial charge in [-0.25, -0.2) is 0 Å². The van der Waals surface area contributed by atoms with Crippen LogP contribution < -0.4 is 0 Å². The second-order valence-electron chi connectivity index (χ2n) is 6.09. The van der Waals surface area contributed by atoms with Crippen LogP contribution in [0.5, 0.6) is 0 Å². The number of aliphatic hydroxyl groups excluding tert-OH is 1. The van der Waals surface area contributed by atoms with Crippen LogP contribution in [-0.4, -0.2) is 41.9 Å². The van der Waals surface area contributed by atoms with Gasteiger partial charge in [-0.15, -0.1) is 0 Å². The Bertz CT molecular complexity index is 346. The molecule has 3 nitrogen and oxygen atoms in total. The van der Waals surface area contributed by atoms with Gasteiger partial charge in [-0.1, -0.05) is 30.3 Å². The molecule has 0 bridgehead atoms. The summed E-state index contributed by atoms with van der Waals surface area (Å²) >= 11 is 0. The van der Waals surface area contributed by atoms with Crippen LogP contribution in [0.4, 0.5) is 0 Å². The molecule has 0 aliphatic heterocycles. The minimum atomic E-state index is -0.391. The number of nitrogens with zero attached hydrogens (tertiary/aromatic N) is 1. The Morgan fingerprint density at radius 3 is 2.42 bits per heavy atom. The maximum absolute atomic E-state index is 9.88. The number of ether oxygens (including phenoxy) is 1. The van der Waals surface area contributed by atoms with Gasteiger partial charge in [0.1, 0.15) is 0 Å². The summed E-state index contributed by atoms with van der Waals surface area (Å²) in [6, 6.07) is 10.4. The van der Waals surface area contributed by atoms with E-state index >= 15 is 0 Å². The third-order valence-electron chi connectivity index (χ3n) is 2.85. The molecule has 1 rings (SSSR count). The van der Waals surface area contributed by atoms with Gasteiger partial charge < -0.3 is 14.7 Å². The molecule has 108 valence electrons. The molecule has 0 aliphatic carbocycles. The lowest BCUT2D eigenvalue weighted by molar-refractivity contribution is -0.0519. The van der Waals surface area contributed by atoms with Gasteiger partial charge >= 0.3 is 0 Å². The average molecular weight is 265 g/mol. The first-order valence-electron chi connectivity index (χ1n) is 6.91. The van der Waals surface area contributed by atoms with Crippen molar-refractivity contribution in [2.45, 2.75) is 45.4 Å². The molecule has 1 atom stereocenters. The number of hydrogen-bond acceptors (Lipinski definition) is 3. The van der Waals surface area contributed by atoms with E-state index < -0.39 is 6.10 Å². The number of aliphatic hydroxyl groups is 1. The number of rotatable bonds is 7. The third kappa shape index (κ3) is 7.98. The highest BCUT2D eigenvalue weighted by atomic mass is 16.5. The fraction of sp³-hybridized carbons (Fsp3) is 0.625. The standard InChI is InChI=1S/C16H27NO2/c1-16(2,3)19-13-15(18)10-11-17(4)12-14-8-6-5-7-9-14/h5-9,15,18H,10-13H2,1-4H3/t15-/m1/s1. The van der Waals surface area contributed by atoms with Crippen LogP contribution >= 0.6 is 0 Å². The van der Waals surface area contributed by atoms with E-state index in [1.807, 2.05) is 26.8 Å². The minimum absolute atomic E-state index is 0.184. The van der Waals surface area contributed by atoms with Crippen LogP contribution in [0.1, 0.15) is 32.8 Å². The monoisotopic (exact) mass is 265 g/mol. The quantitative estimate of drug-likeness (QED) is 0.823. The first-order chi connectivity index (χ1) is 8.87. The van der Waals surface area contributed by atoms with Gasteiger partial charge in [0.2, 0.25) is 0 Å². The molecule has 0 amide bonds. The second-order valence-corrected chi connectivity index (χ2v) is 6.09. The maximum Gasteiger partial charge on any atom is 0.0786 e. The van der Waals surface area contributed by atoms with Gasteiger partial charge in [0.15, 0.2) is 0 Å². The Morgan fingerprint density at radius 1 is 1.21 bits per heavy atom. The van der Waals surface area contributed by atoms with Crippen molar-refractivity contribution < 1.29 is 9.84 Å². The Kier molecular flexibility index (Phi) is 6.49. The van der Waals surface area contributed by atoms with Crippen LogP contribution in [0.3, 0.4) is 0 Å². The van der Waals surface area contributed by atoms with Crippen molar-refractivity contribution in [2.24, 2.45) is 0 Å². The van der Waals surface area contributed by atoms with Crippen LogP contribution in [-0.2, 0) is 11.3 Å². The van der Waals surface area contributed by atoms with Gasteiger partial charge in [-0.2, -0.15) is 0 Å². The molecule has 1 aromatic rings. The molecule has 1 N–H and O–H groups in total. The van der Waals surface area contributed by atoms with Gasteiger partial charge in [0, 0.05) is 13.1 Å². The highest BCUT2D eigenvalue weighted by Gasteiger charge is 2.14. The molecule has 0 heterocycles. The average Bonchev–Trinajstić information content (AvgIpc) is 2.34. The zero-order valence-corrected chi connectivity index (χ0v) is 12.6. The Balaban J connectivity index is 2.21. The molecular formula is C16H27NO2. The lowest BCUT2D eigenvalue weighted by Crippen LogP contribution is -2.29. The molecular weight excluding hydrogens is 238 g/mol. The summed E-state index contributed by atoms with van der Waals surface area (Å²) in [5.41, 5.74) is 1.11. The summed E-state index contributed by atoms with van der Waals surface area (Å²) in [6.07, 6.45) is 0.344. The van der Waals surface area contributed by atoms with Crippen LogP contribution in [0.2, 0.25) is 0 Å². The molecule has 19 heavy (non-hydrogen) atoms. The first kappa shape index (κ1) is 16.2. The summed E-state index contributed by atoms with van der Waals surface area (Å²) < 4.78 is 5.57. The van der Waals surface area contributed by atoms with Gasteiger partial charge in [-0.3, -0.25) is 0 Å². The molecule has 0 saturated heterocycles. The summed E-state index contributed by atoms with van der Waals surface area (Å²) in [7, 11) is 2.07. The number of hydrogen-bond donors (Lipinski definition) is 1. The van der Waals surface area contributed by atoms with Crippen LogP contribution in [0.15, 0.2) is 30.3 Å². The zero-order chi connectivity index (χ0) is 14.3. The highest BCUT2D eigenvalue weighted by Crippen LogP contribution is 2.09. The summed E-state index contributed by atoms with van der Waals surface area (Å²) in [5.74, 6) is 0. The zero-order valence-electron chi connectivity index (χ0n) is 12.6. The van der Waals surface area contributed by atoms with E-state index in [0.717, 1.165) is 19.5 Å². The summed E-state index contributed by atoms with van der Waals surface area (Å²) in [5, 5.41) is 9.88. The van der Waals surface area contributed by atoms with Crippen molar-refractivity contribution in [3.8, 4) is 0 Å². The molecule has 0 unspecified atom stereocenters.